The maximum absolute atomic E-state index is 13.6. The van der Waals surface area contributed by atoms with Crippen molar-refractivity contribution in [2.45, 2.75) is 38.1 Å². The van der Waals surface area contributed by atoms with E-state index in [0.29, 0.717) is 27.5 Å². The van der Waals surface area contributed by atoms with E-state index < -0.39 is 22.5 Å². The SMILES string of the molecule is CCC(C)NC(=O)c1ccccc1NC(=O)CN(c1ccccc1C)S(=O)(=O)c1ccc(Cl)cc1. The van der Waals surface area contributed by atoms with Gasteiger partial charge in [0.2, 0.25) is 5.91 Å². The van der Waals surface area contributed by atoms with Gasteiger partial charge in [-0.05, 0) is 68.3 Å². The molecule has 1 atom stereocenters. The molecule has 0 spiro atoms. The van der Waals surface area contributed by atoms with Crippen molar-refractivity contribution in [3.8, 4) is 0 Å². The highest BCUT2D eigenvalue weighted by Gasteiger charge is 2.28. The van der Waals surface area contributed by atoms with E-state index in [9.17, 15) is 18.0 Å². The topological polar surface area (TPSA) is 95.6 Å². The van der Waals surface area contributed by atoms with Gasteiger partial charge in [0.25, 0.3) is 15.9 Å². The average Bonchev–Trinajstić information content (AvgIpc) is 2.83. The molecule has 35 heavy (non-hydrogen) atoms. The van der Waals surface area contributed by atoms with Crippen LogP contribution in [0.4, 0.5) is 11.4 Å². The lowest BCUT2D eigenvalue weighted by Gasteiger charge is -2.26. The van der Waals surface area contributed by atoms with Gasteiger partial charge in [0.05, 0.1) is 21.8 Å². The largest absolute Gasteiger partial charge is 0.350 e. The molecule has 0 fully saturated rings. The molecular weight excluding hydrogens is 486 g/mol. The minimum Gasteiger partial charge on any atom is -0.350 e. The molecule has 0 aliphatic rings. The van der Waals surface area contributed by atoms with Gasteiger partial charge in [0, 0.05) is 11.1 Å². The molecule has 3 rings (SSSR count). The van der Waals surface area contributed by atoms with Crippen LogP contribution in [0.2, 0.25) is 5.02 Å². The summed E-state index contributed by atoms with van der Waals surface area (Å²) in [7, 11) is -4.09. The predicted octanol–water partition coefficient (Wildman–Crippen LogP) is 5.01. The fourth-order valence-corrected chi connectivity index (χ4v) is 5.00. The highest BCUT2D eigenvalue weighted by molar-refractivity contribution is 7.92. The number of anilines is 2. The summed E-state index contributed by atoms with van der Waals surface area (Å²) in [6.45, 7) is 5.13. The van der Waals surface area contributed by atoms with Gasteiger partial charge in [-0.2, -0.15) is 0 Å². The van der Waals surface area contributed by atoms with E-state index in [2.05, 4.69) is 10.6 Å². The minimum atomic E-state index is -4.09. The number of sulfonamides is 1. The van der Waals surface area contributed by atoms with Crippen LogP contribution in [0, 0.1) is 6.92 Å². The monoisotopic (exact) mass is 513 g/mol. The number of nitrogens with one attached hydrogen (secondary N) is 2. The summed E-state index contributed by atoms with van der Waals surface area (Å²) in [4.78, 5) is 25.8. The second kappa shape index (κ2) is 11.4. The van der Waals surface area contributed by atoms with Crippen LogP contribution in [0.15, 0.2) is 77.7 Å². The molecule has 1 unspecified atom stereocenters. The molecule has 0 aliphatic heterocycles. The molecule has 3 aromatic carbocycles. The van der Waals surface area contributed by atoms with Crippen molar-refractivity contribution < 1.29 is 18.0 Å². The first-order chi connectivity index (χ1) is 16.6. The third-order valence-electron chi connectivity index (χ3n) is 5.51. The maximum Gasteiger partial charge on any atom is 0.264 e. The maximum atomic E-state index is 13.6. The van der Waals surface area contributed by atoms with Gasteiger partial charge in [0.15, 0.2) is 0 Å². The summed E-state index contributed by atoms with van der Waals surface area (Å²) in [6.07, 6.45) is 0.758. The molecule has 2 N–H and O–H groups in total. The molecule has 0 heterocycles. The number of carbonyl (C=O) groups is 2. The normalized spacial score (nSPS) is 12.0. The second-order valence-electron chi connectivity index (χ2n) is 8.13. The molecule has 0 aliphatic carbocycles. The quantitative estimate of drug-likeness (QED) is 0.420. The number of para-hydroxylation sites is 2. The summed E-state index contributed by atoms with van der Waals surface area (Å²) in [6, 6.07) is 19.2. The summed E-state index contributed by atoms with van der Waals surface area (Å²) in [5.74, 6) is -0.908. The van der Waals surface area contributed by atoms with Crippen LogP contribution in [0.3, 0.4) is 0 Å². The number of aryl methyl sites for hydroxylation is 1. The fourth-order valence-electron chi connectivity index (χ4n) is 3.39. The Labute approximate surface area is 211 Å². The van der Waals surface area contributed by atoms with E-state index in [4.69, 9.17) is 11.6 Å². The summed E-state index contributed by atoms with van der Waals surface area (Å²) < 4.78 is 28.2. The van der Waals surface area contributed by atoms with Crippen molar-refractivity contribution in [2.24, 2.45) is 0 Å². The Bertz CT molecular complexity index is 1310. The summed E-state index contributed by atoms with van der Waals surface area (Å²) in [5.41, 5.74) is 1.66. The van der Waals surface area contributed by atoms with Crippen LogP contribution in [-0.4, -0.2) is 32.8 Å². The Morgan fingerprint density at radius 2 is 1.60 bits per heavy atom. The smallest absolute Gasteiger partial charge is 0.264 e. The van der Waals surface area contributed by atoms with Crippen LogP contribution < -0.4 is 14.9 Å². The van der Waals surface area contributed by atoms with E-state index in [1.54, 1.807) is 55.5 Å². The molecule has 0 radical (unpaired) electrons. The molecular formula is C26H28ClN3O4S. The molecule has 0 saturated heterocycles. The first-order valence-electron chi connectivity index (χ1n) is 11.2. The number of amides is 2. The third kappa shape index (κ3) is 6.41. The van der Waals surface area contributed by atoms with E-state index >= 15 is 0 Å². The Morgan fingerprint density at radius 1 is 0.971 bits per heavy atom. The Hall–Kier alpha value is -3.36. The molecule has 0 bridgehead atoms. The van der Waals surface area contributed by atoms with Crippen molar-refractivity contribution in [2.75, 3.05) is 16.2 Å². The van der Waals surface area contributed by atoms with E-state index in [-0.39, 0.29) is 16.8 Å². The Kier molecular flexibility index (Phi) is 8.53. The molecule has 9 heteroatoms. The first kappa shape index (κ1) is 26.2. The lowest BCUT2D eigenvalue weighted by molar-refractivity contribution is -0.114. The number of carbonyl (C=O) groups excluding carboxylic acids is 2. The number of rotatable bonds is 9. The lowest BCUT2D eigenvalue weighted by Crippen LogP contribution is -2.39. The van der Waals surface area contributed by atoms with E-state index in [1.807, 2.05) is 13.8 Å². The van der Waals surface area contributed by atoms with E-state index in [0.717, 1.165) is 10.7 Å². The minimum absolute atomic E-state index is 0.00582. The van der Waals surface area contributed by atoms with Gasteiger partial charge in [-0.25, -0.2) is 8.42 Å². The molecule has 0 aromatic heterocycles. The lowest BCUT2D eigenvalue weighted by atomic mass is 10.1. The van der Waals surface area contributed by atoms with Crippen molar-refractivity contribution in [3.05, 3.63) is 88.9 Å². The third-order valence-corrected chi connectivity index (χ3v) is 7.53. The highest BCUT2D eigenvalue weighted by Crippen LogP contribution is 2.27. The second-order valence-corrected chi connectivity index (χ2v) is 10.4. The van der Waals surface area contributed by atoms with Crippen LogP contribution in [-0.2, 0) is 14.8 Å². The molecule has 184 valence electrons. The number of benzene rings is 3. The zero-order chi connectivity index (χ0) is 25.6. The van der Waals surface area contributed by atoms with Gasteiger partial charge in [-0.15, -0.1) is 0 Å². The van der Waals surface area contributed by atoms with Crippen LogP contribution in [0.5, 0.6) is 0 Å². The molecule has 7 nitrogen and oxygen atoms in total. The van der Waals surface area contributed by atoms with Crippen molar-refractivity contribution in [1.29, 1.82) is 0 Å². The highest BCUT2D eigenvalue weighted by atomic mass is 35.5. The molecule has 3 aromatic rings. The average molecular weight is 514 g/mol. The Morgan fingerprint density at radius 3 is 2.26 bits per heavy atom. The van der Waals surface area contributed by atoms with Gasteiger partial charge >= 0.3 is 0 Å². The van der Waals surface area contributed by atoms with Gasteiger partial charge < -0.3 is 10.6 Å². The summed E-state index contributed by atoms with van der Waals surface area (Å²) >= 11 is 5.93. The van der Waals surface area contributed by atoms with Crippen LogP contribution >= 0.6 is 11.6 Å². The molecule has 0 saturated carbocycles. The van der Waals surface area contributed by atoms with Crippen LogP contribution in [0.1, 0.15) is 36.2 Å². The molecule has 2 amide bonds. The number of halogens is 1. The number of hydrogen-bond donors (Lipinski definition) is 2. The van der Waals surface area contributed by atoms with Gasteiger partial charge in [-0.1, -0.05) is 48.9 Å². The Balaban J connectivity index is 1.93. The summed E-state index contributed by atoms with van der Waals surface area (Å²) in [5, 5.41) is 5.98. The standard InChI is InChI=1S/C26H28ClN3O4S/c1-4-19(3)28-26(32)22-10-6-7-11-23(22)29-25(31)17-30(24-12-8-5-9-18(24)2)35(33,34)21-15-13-20(27)14-16-21/h5-16,19H,4,17H2,1-3H3,(H,28,32)(H,29,31). The van der Waals surface area contributed by atoms with E-state index in [1.165, 1.54) is 24.3 Å². The van der Waals surface area contributed by atoms with Crippen LogP contribution in [0.25, 0.3) is 0 Å². The van der Waals surface area contributed by atoms with Crippen molar-refractivity contribution >= 4 is 44.8 Å². The fraction of sp³-hybridized carbons (Fsp3) is 0.231. The number of nitrogens with zero attached hydrogens (tertiary/aromatic N) is 1. The first-order valence-corrected chi connectivity index (χ1v) is 13.0. The predicted molar refractivity (Wildman–Crippen MR) is 139 cm³/mol. The van der Waals surface area contributed by atoms with Crippen molar-refractivity contribution in [1.82, 2.24) is 5.32 Å². The van der Waals surface area contributed by atoms with Gasteiger partial charge in [0.1, 0.15) is 6.54 Å². The van der Waals surface area contributed by atoms with Crippen molar-refractivity contribution in [3.63, 3.8) is 0 Å². The zero-order valence-corrected chi connectivity index (χ0v) is 21.4. The number of hydrogen-bond acceptors (Lipinski definition) is 4. The van der Waals surface area contributed by atoms with Gasteiger partial charge in [-0.3, -0.25) is 13.9 Å². The zero-order valence-electron chi connectivity index (χ0n) is 19.8.